The van der Waals surface area contributed by atoms with Crippen LogP contribution in [0.25, 0.3) is 0 Å². The molecule has 0 aliphatic heterocycles. The minimum absolute atomic E-state index is 0.606. The van der Waals surface area contributed by atoms with Gasteiger partial charge in [0.15, 0.2) is 0 Å². The molecular weight excluding hydrogens is 200 g/mol. The molecule has 2 unspecified atom stereocenters. The van der Waals surface area contributed by atoms with Crippen LogP contribution in [0.15, 0.2) is 0 Å². The summed E-state index contributed by atoms with van der Waals surface area (Å²) in [4.78, 5) is 2.46. The summed E-state index contributed by atoms with van der Waals surface area (Å²) in [6.45, 7) is 10.4. The van der Waals surface area contributed by atoms with Crippen LogP contribution in [0.2, 0.25) is 0 Å². The smallest absolute Gasteiger partial charge is 0.0593 e. The second kappa shape index (κ2) is 7.25. The van der Waals surface area contributed by atoms with E-state index in [2.05, 4.69) is 38.0 Å². The summed E-state index contributed by atoms with van der Waals surface area (Å²) in [6.07, 6.45) is 2.73. The van der Waals surface area contributed by atoms with Crippen LogP contribution in [0.3, 0.4) is 0 Å². The van der Waals surface area contributed by atoms with Crippen molar-refractivity contribution in [3.63, 3.8) is 0 Å². The third-order valence-corrected chi connectivity index (χ3v) is 3.52. The van der Waals surface area contributed by atoms with E-state index in [9.17, 15) is 0 Å². The molecule has 96 valence electrons. The molecular formula is C13H28N2O. The van der Waals surface area contributed by atoms with Crippen molar-refractivity contribution in [1.82, 2.24) is 10.2 Å². The van der Waals surface area contributed by atoms with Crippen LogP contribution in [0.4, 0.5) is 0 Å². The number of nitrogens with zero attached hydrogens (tertiary/aromatic N) is 1. The van der Waals surface area contributed by atoms with Gasteiger partial charge < -0.3 is 15.0 Å². The van der Waals surface area contributed by atoms with Crippen LogP contribution in [-0.2, 0) is 4.74 Å². The van der Waals surface area contributed by atoms with E-state index in [1.165, 1.54) is 19.4 Å². The second-order valence-electron chi connectivity index (χ2n) is 5.15. The quantitative estimate of drug-likeness (QED) is 0.640. The minimum Gasteiger partial charge on any atom is -0.380 e. The van der Waals surface area contributed by atoms with E-state index in [1.54, 1.807) is 0 Å². The lowest BCUT2D eigenvalue weighted by Gasteiger charge is -2.43. The predicted molar refractivity (Wildman–Crippen MR) is 68.8 cm³/mol. The molecule has 0 bridgehead atoms. The van der Waals surface area contributed by atoms with Crippen molar-refractivity contribution >= 4 is 0 Å². The summed E-state index contributed by atoms with van der Waals surface area (Å²) in [5, 5.41) is 3.54. The average Bonchev–Trinajstić information content (AvgIpc) is 2.16. The third-order valence-electron chi connectivity index (χ3n) is 3.52. The average molecular weight is 228 g/mol. The van der Waals surface area contributed by atoms with Crippen LogP contribution in [0.1, 0.15) is 33.6 Å². The van der Waals surface area contributed by atoms with E-state index in [1.807, 2.05) is 0 Å². The first-order chi connectivity index (χ1) is 7.65. The summed E-state index contributed by atoms with van der Waals surface area (Å²) in [5.41, 5.74) is 0. The van der Waals surface area contributed by atoms with E-state index >= 15 is 0 Å². The standard InChI is InChI=1S/C13H28N2O/c1-5-16-9-8-15(4)13-7-6-12(13)10-14-11(2)3/h11-14H,5-10H2,1-4H3. The molecule has 0 saturated heterocycles. The Morgan fingerprint density at radius 3 is 2.62 bits per heavy atom. The van der Waals surface area contributed by atoms with E-state index in [0.717, 1.165) is 31.7 Å². The summed E-state index contributed by atoms with van der Waals surface area (Å²) < 4.78 is 5.40. The van der Waals surface area contributed by atoms with Crippen LogP contribution in [-0.4, -0.2) is 50.3 Å². The highest BCUT2D eigenvalue weighted by atomic mass is 16.5. The van der Waals surface area contributed by atoms with E-state index < -0.39 is 0 Å². The van der Waals surface area contributed by atoms with Gasteiger partial charge >= 0.3 is 0 Å². The first-order valence-corrected chi connectivity index (χ1v) is 6.66. The van der Waals surface area contributed by atoms with Crippen molar-refractivity contribution < 1.29 is 4.74 Å². The Bertz CT molecular complexity index is 185. The first-order valence-electron chi connectivity index (χ1n) is 6.66. The molecule has 0 amide bonds. The number of hydrogen-bond donors (Lipinski definition) is 1. The molecule has 3 heteroatoms. The maximum absolute atomic E-state index is 5.40. The van der Waals surface area contributed by atoms with Crippen molar-refractivity contribution in [3.8, 4) is 0 Å². The van der Waals surface area contributed by atoms with Crippen molar-refractivity contribution in [3.05, 3.63) is 0 Å². The molecule has 1 fully saturated rings. The van der Waals surface area contributed by atoms with Crippen molar-refractivity contribution in [1.29, 1.82) is 0 Å². The van der Waals surface area contributed by atoms with Gasteiger partial charge in [0.2, 0.25) is 0 Å². The highest BCUT2D eigenvalue weighted by molar-refractivity contribution is 4.89. The maximum Gasteiger partial charge on any atom is 0.0593 e. The summed E-state index contributed by atoms with van der Waals surface area (Å²) in [5.74, 6) is 0.842. The molecule has 0 heterocycles. The molecule has 1 aliphatic rings. The number of rotatable bonds is 8. The zero-order valence-corrected chi connectivity index (χ0v) is 11.3. The largest absolute Gasteiger partial charge is 0.380 e. The minimum atomic E-state index is 0.606. The van der Waals surface area contributed by atoms with Gasteiger partial charge in [0, 0.05) is 25.2 Å². The fourth-order valence-corrected chi connectivity index (χ4v) is 2.28. The number of likely N-dealkylation sites (N-methyl/N-ethyl adjacent to an activating group) is 1. The van der Waals surface area contributed by atoms with Crippen LogP contribution >= 0.6 is 0 Å². The molecule has 0 radical (unpaired) electrons. The molecule has 1 rings (SSSR count). The molecule has 2 atom stereocenters. The highest BCUT2D eigenvalue weighted by Crippen LogP contribution is 2.30. The molecule has 0 spiro atoms. The predicted octanol–water partition coefficient (Wildman–Crippen LogP) is 1.73. The molecule has 0 aromatic carbocycles. The van der Waals surface area contributed by atoms with Gasteiger partial charge in [-0.3, -0.25) is 0 Å². The molecule has 0 aromatic heterocycles. The van der Waals surface area contributed by atoms with Gasteiger partial charge in [-0.1, -0.05) is 13.8 Å². The lowest BCUT2D eigenvalue weighted by atomic mass is 9.78. The SMILES string of the molecule is CCOCCN(C)C1CCC1CNC(C)C. The molecule has 16 heavy (non-hydrogen) atoms. The van der Waals surface area contributed by atoms with Crippen LogP contribution < -0.4 is 5.32 Å². The van der Waals surface area contributed by atoms with Crippen molar-refractivity contribution in [2.45, 2.75) is 45.7 Å². The lowest BCUT2D eigenvalue weighted by molar-refractivity contribution is 0.0492. The summed E-state index contributed by atoms with van der Waals surface area (Å²) in [6, 6.07) is 1.38. The van der Waals surface area contributed by atoms with Gasteiger partial charge in [-0.15, -0.1) is 0 Å². The number of hydrogen-bond acceptors (Lipinski definition) is 3. The normalized spacial score (nSPS) is 25.1. The number of ether oxygens (including phenoxy) is 1. The first kappa shape index (κ1) is 13.9. The van der Waals surface area contributed by atoms with Gasteiger partial charge in [-0.25, -0.2) is 0 Å². The molecule has 1 saturated carbocycles. The van der Waals surface area contributed by atoms with Gasteiger partial charge in [-0.05, 0) is 39.3 Å². The molecule has 0 aromatic rings. The highest BCUT2D eigenvalue weighted by Gasteiger charge is 2.33. The number of nitrogens with one attached hydrogen (secondary N) is 1. The Balaban J connectivity index is 2.15. The molecule has 1 N–H and O–H groups in total. The van der Waals surface area contributed by atoms with Gasteiger partial charge in [0.05, 0.1) is 6.61 Å². The maximum atomic E-state index is 5.40. The fraction of sp³-hybridized carbons (Fsp3) is 1.00. The Labute approximate surface area is 101 Å². The van der Waals surface area contributed by atoms with E-state index in [0.29, 0.717) is 6.04 Å². The Hall–Kier alpha value is -0.120. The second-order valence-corrected chi connectivity index (χ2v) is 5.15. The van der Waals surface area contributed by atoms with Gasteiger partial charge in [-0.2, -0.15) is 0 Å². The van der Waals surface area contributed by atoms with Crippen molar-refractivity contribution in [2.24, 2.45) is 5.92 Å². The lowest BCUT2D eigenvalue weighted by Crippen LogP contribution is -2.50. The van der Waals surface area contributed by atoms with E-state index in [4.69, 9.17) is 4.74 Å². The van der Waals surface area contributed by atoms with Crippen LogP contribution in [0.5, 0.6) is 0 Å². The molecule has 3 nitrogen and oxygen atoms in total. The summed E-state index contributed by atoms with van der Waals surface area (Å²) >= 11 is 0. The summed E-state index contributed by atoms with van der Waals surface area (Å²) in [7, 11) is 2.23. The van der Waals surface area contributed by atoms with Gasteiger partial charge in [0.25, 0.3) is 0 Å². The van der Waals surface area contributed by atoms with Gasteiger partial charge in [0.1, 0.15) is 0 Å². The van der Waals surface area contributed by atoms with Crippen LogP contribution in [0, 0.1) is 5.92 Å². The van der Waals surface area contributed by atoms with Crippen molar-refractivity contribution in [2.75, 3.05) is 33.4 Å². The zero-order chi connectivity index (χ0) is 12.0. The fourth-order valence-electron chi connectivity index (χ4n) is 2.28. The molecule has 1 aliphatic carbocycles. The topological polar surface area (TPSA) is 24.5 Å². The van der Waals surface area contributed by atoms with E-state index in [-0.39, 0.29) is 0 Å². The monoisotopic (exact) mass is 228 g/mol. The Morgan fingerprint density at radius 2 is 2.12 bits per heavy atom. The Morgan fingerprint density at radius 1 is 1.38 bits per heavy atom. The third kappa shape index (κ3) is 4.40. The Kier molecular flexibility index (Phi) is 6.32. The zero-order valence-electron chi connectivity index (χ0n) is 11.3.